The van der Waals surface area contributed by atoms with Gasteiger partial charge < -0.3 is 19.9 Å². The van der Waals surface area contributed by atoms with Crippen molar-refractivity contribution in [3.05, 3.63) is 70.3 Å². The third-order valence-corrected chi connectivity index (χ3v) is 4.78. The summed E-state index contributed by atoms with van der Waals surface area (Å²) in [5.74, 6) is -0.706. The number of amides is 2. The number of rotatable bonds is 7. The highest BCUT2D eigenvalue weighted by Gasteiger charge is 2.13. The highest BCUT2D eigenvalue weighted by Crippen LogP contribution is 2.19. The quantitative estimate of drug-likeness (QED) is 0.416. The van der Waals surface area contributed by atoms with Crippen LogP contribution in [0, 0.1) is 10.1 Å². The Morgan fingerprint density at radius 3 is 2.58 bits per heavy atom. The number of benzene rings is 2. The fourth-order valence-corrected chi connectivity index (χ4v) is 3.11. The van der Waals surface area contributed by atoms with Crippen LogP contribution in [0.4, 0.5) is 17.1 Å². The van der Waals surface area contributed by atoms with Crippen LogP contribution in [0.2, 0.25) is 0 Å². The average molecular weight is 424 g/mol. The summed E-state index contributed by atoms with van der Waals surface area (Å²) in [7, 11) is 1.52. The molecule has 1 saturated heterocycles. The maximum atomic E-state index is 12.3. The fraction of sp³-hybridized carbons (Fsp3) is 0.273. The van der Waals surface area contributed by atoms with Crippen molar-refractivity contribution in [3.63, 3.8) is 0 Å². The van der Waals surface area contributed by atoms with Gasteiger partial charge in [-0.1, -0.05) is 12.1 Å². The minimum absolute atomic E-state index is 0.0537. The molecule has 1 fully saturated rings. The Bertz CT molecular complexity index is 968. The number of ether oxygens (including phenoxy) is 1. The number of nitro groups is 1. The zero-order chi connectivity index (χ0) is 22.2. The highest BCUT2D eigenvalue weighted by atomic mass is 16.6. The second-order valence-electron chi connectivity index (χ2n) is 7.07. The number of hydrogen-bond acceptors (Lipinski definition) is 6. The van der Waals surface area contributed by atoms with Crippen molar-refractivity contribution in [2.24, 2.45) is 0 Å². The lowest BCUT2D eigenvalue weighted by Gasteiger charge is -2.28. The van der Waals surface area contributed by atoms with Crippen LogP contribution in [-0.4, -0.2) is 61.5 Å². The summed E-state index contributed by atoms with van der Waals surface area (Å²) < 4.78 is 5.35. The number of carbonyl (C=O) groups excluding carboxylic acids is 2. The molecule has 2 aromatic rings. The molecule has 0 aliphatic carbocycles. The van der Waals surface area contributed by atoms with Crippen LogP contribution in [0.25, 0.3) is 6.08 Å². The van der Waals surface area contributed by atoms with Gasteiger partial charge in [-0.2, -0.15) is 0 Å². The normalized spacial score (nSPS) is 13.8. The van der Waals surface area contributed by atoms with Gasteiger partial charge >= 0.3 is 0 Å². The van der Waals surface area contributed by atoms with Crippen molar-refractivity contribution in [1.82, 2.24) is 4.90 Å². The van der Waals surface area contributed by atoms with Gasteiger partial charge in [0.05, 0.1) is 24.7 Å². The molecule has 0 bridgehead atoms. The third-order valence-electron chi connectivity index (χ3n) is 4.78. The van der Waals surface area contributed by atoms with Crippen molar-refractivity contribution in [1.29, 1.82) is 0 Å². The number of nitro benzene ring substituents is 1. The van der Waals surface area contributed by atoms with E-state index < -0.39 is 4.92 Å². The van der Waals surface area contributed by atoms with Crippen LogP contribution in [0.1, 0.15) is 5.56 Å². The molecule has 0 saturated carbocycles. The predicted octanol–water partition coefficient (Wildman–Crippen LogP) is 2.54. The number of hydrogen-bond donors (Lipinski definition) is 1. The molecule has 2 aromatic carbocycles. The first-order valence-corrected chi connectivity index (χ1v) is 9.82. The second kappa shape index (κ2) is 10.4. The van der Waals surface area contributed by atoms with Crippen molar-refractivity contribution < 1.29 is 19.2 Å². The van der Waals surface area contributed by atoms with Gasteiger partial charge in [-0.25, -0.2) is 0 Å². The SMILES string of the molecule is CN(CC(=O)Nc1ccc(N2CCOCC2)cc1)C(=O)C=Cc1cccc([N+](=O)[O-])c1. The monoisotopic (exact) mass is 424 g/mol. The minimum Gasteiger partial charge on any atom is -0.378 e. The number of non-ortho nitro benzene ring substituents is 1. The zero-order valence-electron chi connectivity index (χ0n) is 17.2. The lowest BCUT2D eigenvalue weighted by Crippen LogP contribution is -2.36. The Morgan fingerprint density at radius 1 is 1.19 bits per heavy atom. The zero-order valence-corrected chi connectivity index (χ0v) is 17.2. The largest absolute Gasteiger partial charge is 0.378 e. The number of nitrogens with zero attached hydrogens (tertiary/aromatic N) is 3. The van der Waals surface area contributed by atoms with E-state index in [9.17, 15) is 19.7 Å². The van der Waals surface area contributed by atoms with Crippen LogP contribution in [0.3, 0.4) is 0 Å². The number of likely N-dealkylation sites (N-methyl/N-ethyl adjacent to an activating group) is 1. The van der Waals surface area contributed by atoms with E-state index in [0.29, 0.717) is 24.5 Å². The summed E-state index contributed by atoms with van der Waals surface area (Å²) in [5.41, 5.74) is 2.19. The first-order valence-electron chi connectivity index (χ1n) is 9.82. The third kappa shape index (κ3) is 6.38. The molecular formula is C22H24N4O5. The van der Waals surface area contributed by atoms with Gasteiger partial charge in [0.2, 0.25) is 11.8 Å². The first-order chi connectivity index (χ1) is 14.9. The summed E-state index contributed by atoms with van der Waals surface area (Å²) >= 11 is 0. The van der Waals surface area contributed by atoms with Crippen LogP contribution >= 0.6 is 0 Å². The van der Waals surface area contributed by atoms with E-state index in [1.165, 1.54) is 36.2 Å². The Kier molecular flexibility index (Phi) is 7.34. The number of carbonyl (C=O) groups is 2. The molecule has 0 atom stereocenters. The van der Waals surface area contributed by atoms with E-state index in [-0.39, 0.29) is 24.0 Å². The second-order valence-corrected chi connectivity index (χ2v) is 7.07. The summed E-state index contributed by atoms with van der Waals surface area (Å²) in [4.78, 5) is 38.3. The van der Waals surface area contributed by atoms with Crippen molar-refractivity contribution in [3.8, 4) is 0 Å². The average Bonchev–Trinajstić information content (AvgIpc) is 2.78. The molecule has 1 aliphatic rings. The molecule has 0 spiro atoms. The maximum absolute atomic E-state index is 12.3. The Labute approximate surface area is 180 Å². The highest BCUT2D eigenvalue weighted by molar-refractivity contribution is 5.98. The minimum atomic E-state index is -0.497. The van der Waals surface area contributed by atoms with Gasteiger partial charge in [-0.15, -0.1) is 0 Å². The lowest BCUT2D eigenvalue weighted by atomic mass is 10.2. The van der Waals surface area contributed by atoms with Crippen molar-refractivity contribution in [2.45, 2.75) is 0 Å². The van der Waals surface area contributed by atoms with Gasteiger partial charge in [0.1, 0.15) is 0 Å². The molecular weight excluding hydrogens is 400 g/mol. The lowest BCUT2D eigenvalue weighted by molar-refractivity contribution is -0.384. The first kappa shape index (κ1) is 22.0. The van der Waals surface area contributed by atoms with Gasteiger partial charge in [-0.3, -0.25) is 19.7 Å². The van der Waals surface area contributed by atoms with Crippen LogP contribution < -0.4 is 10.2 Å². The number of morpholine rings is 1. The molecule has 162 valence electrons. The number of anilines is 2. The van der Waals surface area contributed by atoms with Crippen molar-refractivity contribution in [2.75, 3.05) is 50.1 Å². The van der Waals surface area contributed by atoms with Gasteiger partial charge in [-0.05, 0) is 35.9 Å². The Morgan fingerprint density at radius 2 is 1.90 bits per heavy atom. The molecule has 0 radical (unpaired) electrons. The molecule has 31 heavy (non-hydrogen) atoms. The topological polar surface area (TPSA) is 105 Å². The fourth-order valence-electron chi connectivity index (χ4n) is 3.11. The predicted molar refractivity (Wildman–Crippen MR) is 118 cm³/mol. The van der Waals surface area contributed by atoms with Crippen molar-refractivity contribution >= 4 is 35.0 Å². The van der Waals surface area contributed by atoms with E-state index in [1.54, 1.807) is 12.1 Å². The van der Waals surface area contributed by atoms with E-state index in [2.05, 4.69) is 10.2 Å². The maximum Gasteiger partial charge on any atom is 0.270 e. The summed E-state index contributed by atoms with van der Waals surface area (Å²) in [6, 6.07) is 13.5. The number of nitrogens with one attached hydrogen (secondary N) is 1. The molecule has 0 aromatic heterocycles. The Balaban J connectivity index is 1.51. The van der Waals surface area contributed by atoms with Crippen LogP contribution in [0.5, 0.6) is 0 Å². The Hall–Kier alpha value is -3.72. The standard InChI is InChI=1S/C22H24N4O5/c1-24(22(28)10-5-17-3-2-4-20(15-17)26(29)30)16-21(27)23-18-6-8-19(9-7-18)25-11-13-31-14-12-25/h2-10,15H,11-14,16H2,1H3,(H,23,27). The van der Waals surface area contributed by atoms with Gasteiger partial charge in [0, 0.05) is 49.7 Å². The molecule has 0 unspecified atom stereocenters. The smallest absolute Gasteiger partial charge is 0.270 e. The van der Waals surface area contributed by atoms with E-state index in [0.717, 1.165) is 18.8 Å². The van der Waals surface area contributed by atoms with Crippen LogP contribution in [0.15, 0.2) is 54.6 Å². The summed E-state index contributed by atoms with van der Waals surface area (Å²) in [5, 5.41) is 13.6. The summed E-state index contributed by atoms with van der Waals surface area (Å²) in [6.07, 6.45) is 2.76. The van der Waals surface area contributed by atoms with Crippen LogP contribution in [-0.2, 0) is 14.3 Å². The molecule has 3 rings (SSSR count). The molecule has 1 N–H and O–H groups in total. The van der Waals surface area contributed by atoms with Gasteiger partial charge in [0.25, 0.3) is 5.69 Å². The summed E-state index contributed by atoms with van der Waals surface area (Å²) in [6.45, 7) is 2.96. The van der Waals surface area contributed by atoms with Gasteiger partial charge in [0.15, 0.2) is 0 Å². The molecule has 9 heteroatoms. The molecule has 1 heterocycles. The molecule has 1 aliphatic heterocycles. The van der Waals surface area contributed by atoms with E-state index >= 15 is 0 Å². The van der Waals surface area contributed by atoms with E-state index in [1.807, 2.05) is 24.3 Å². The van der Waals surface area contributed by atoms with E-state index in [4.69, 9.17) is 4.74 Å². The molecule has 9 nitrogen and oxygen atoms in total. The molecule has 2 amide bonds.